The highest BCUT2D eigenvalue weighted by Crippen LogP contribution is 2.43. The predicted octanol–water partition coefficient (Wildman–Crippen LogP) is 2.91. The van der Waals surface area contributed by atoms with Gasteiger partial charge in [0.1, 0.15) is 0 Å². The minimum atomic E-state index is -1.10. The van der Waals surface area contributed by atoms with Crippen LogP contribution in [0.5, 0.6) is 0 Å². The van der Waals surface area contributed by atoms with Gasteiger partial charge in [0.25, 0.3) is 5.91 Å². The molecule has 1 amide bonds. The highest BCUT2D eigenvalue weighted by Gasteiger charge is 2.48. The Hall–Kier alpha value is -1.90. The van der Waals surface area contributed by atoms with Gasteiger partial charge < -0.3 is 10.0 Å². The number of hydrogen-bond acceptors (Lipinski definition) is 5. The van der Waals surface area contributed by atoms with E-state index in [9.17, 15) is 18.7 Å². The fourth-order valence-corrected chi connectivity index (χ4v) is 5.22. The van der Waals surface area contributed by atoms with E-state index in [0.717, 1.165) is 30.3 Å². The van der Waals surface area contributed by atoms with Gasteiger partial charge in [0, 0.05) is 42.2 Å². The van der Waals surface area contributed by atoms with E-state index >= 15 is 0 Å². The first-order valence-corrected chi connectivity index (χ1v) is 10.4. The molecule has 0 radical (unpaired) electrons. The molecule has 0 spiro atoms. The van der Waals surface area contributed by atoms with Crippen molar-refractivity contribution in [2.75, 3.05) is 26.2 Å². The number of piperidine rings is 2. The summed E-state index contributed by atoms with van der Waals surface area (Å²) < 4.78 is 27.7. The zero-order chi connectivity index (χ0) is 19.7. The quantitative estimate of drug-likeness (QED) is 0.847. The molecular weight excluding hydrogens is 384 g/mol. The molecule has 8 heteroatoms. The zero-order valence-corrected chi connectivity index (χ0v) is 16.3. The molecule has 1 aromatic carbocycles. The first-order chi connectivity index (χ1) is 13.5. The maximum absolute atomic E-state index is 14.1. The van der Waals surface area contributed by atoms with Crippen LogP contribution in [-0.2, 0) is 6.54 Å². The van der Waals surface area contributed by atoms with E-state index in [-0.39, 0.29) is 23.6 Å². The van der Waals surface area contributed by atoms with E-state index in [1.807, 2.05) is 6.20 Å². The van der Waals surface area contributed by atoms with Gasteiger partial charge in [0.2, 0.25) is 0 Å². The first kappa shape index (κ1) is 19.4. The maximum atomic E-state index is 14.1. The lowest BCUT2D eigenvalue weighted by molar-refractivity contribution is -0.0724. The SMILES string of the molecule is O=C(c1cccc(F)c1F)N1CC[C@]2(CO)CCCN(Cc3cncs3)[C@H]2C1. The van der Waals surface area contributed by atoms with Crippen LogP contribution in [-0.4, -0.2) is 58.1 Å². The van der Waals surface area contributed by atoms with E-state index in [1.165, 1.54) is 12.1 Å². The number of hydrogen-bond donors (Lipinski definition) is 1. The molecule has 2 aliphatic rings. The first-order valence-electron chi connectivity index (χ1n) is 9.50. The molecule has 4 rings (SSSR count). The van der Waals surface area contributed by atoms with Gasteiger partial charge in [-0.2, -0.15) is 0 Å². The van der Waals surface area contributed by atoms with Crippen molar-refractivity contribution in [2.45, 2.75) is 31.8 Å². The predicted molar refractivity (Wildman–Crippen MR) is 102 cm³/mol. The number of amides is 1. The summed E-state index contributed by atoms with van der Waals surface area (Å²) in [6, 6.07) is 3.66. The van der Waals surface area contributed by atoms with Crippen LogP contribution in [0.3, 0.4) is 0 Å². The third-order valence-corrected chi connectivity index (χ3v) is 6.93. The summed E-state index contributed by atoms with van der Waals surface area (Å²) in [4.78, 5) is 22.1. The third-order valence-electron chi connectivity index (χ3n) is 6.17. The summed E-state index contributed by atoms with van der Waals surface area (Å²) in [7, 11) is 0. The van der Waals surface area contributed by atoms with Crippen molar-refractivity contribution in [1.82, 2.24) is 14.8 Å². The molecule has 0 bridgehead atoms. The minimum absolute atomic E-state index is 0.0253. The van der Waals surface area contributed by atoms with Crippen molar-refractivity contribution in [2.24, 2.45) is 5.41 Å². The van der Waals surface area contributed by atoms with Gasteiger partial charge in [-0.1, -0.05) is 6.07 Å². The molecule has 5 nitrogen and oxygen atoms in total. The Morgan fingerprint density at radius 2 is 2.18 bits per heavy atom. The van der Waals surface area contributed by atoms with Crippen LogP contribution in [0.1, 0.15) is 34.5 Å². The fraction of sp³-hybridized carbons (Fsp3) is 0.500. The van der Waals surface area contributed by atoms with E-state index in [2.05, 4.69) is 9.88 Å². The second-order valence-electron chi connectivity index (χ2n) is 7.68. The Kier molecular flexibility index (Phi) is 5.44. The number of aliphatic hydroxyl groups excluding tert-OH is 1. The Morgan fingerprint density at radius 3 is 2.93 bits per heavy atom. The van der Waals surface area contributed by atoms with Crippen molar-refractivity contribution < 1.29 is 18.7 Å². The van der Waals surface area contributed by atoms with Crippen LogP contribution in [0, 0.1) is 17.0 Å². The highest BCUT2D eigenvalue weighted by atomic mass is 32.1. The van der Waals surface area contributed by atoms with E-state index in [4.69, 9.17) is 0 Å². The van der Waals surface area contributed by atoms with Gasteiger partial charge in [-0.3, -0.25) is 14.7 Å². The second kappa shape index (κ2) is 7.85. The lowest BCUT2D eigenvalue weighted by Gasteiger charge is -2.54. The number of aromatic nitrogens is 1. The Morgan fingerprint density at radius 1 is 1.32 bits per heavy atom. The largest absolute Gasteiger partial charge is 0.396 e. The molecule has 0 unspecified atom stereocenters. The molecule has 2 fully saturated rings. The van der Waals surface area contributed by atoms with Gasteiger partial charge in [0.15, 0.2) is 11.6 Å². The number of likely N-dealkylation sites (tertiary alicyclic amines) is 2. The third kappa shape index (κ3) is 3.44. The Balaban J connectivity index is 1.58. The number of halogens is 2. The molecule has 28 heavy (non-hydrogen) atoms. The van der Waals surface area contributed by atoms with Gasteiger partial charge in [-0.15, -0.1) is 11.3 Å². The molecule has 2 saturated heterocycles. The normalized spacial score (nSPS) is 25.5. The monoisotopic (exact) mass is 407 g/mol. The lowest BCUT2D eigenvalue weighted by Crippen LogP contribution is -2.63. The van der Waals surface area contributed by atoms with E-state index < -0.39 is 17.5 Å². The van der Waals surface area contributed by atoms with Crippen molar-refractivity contribution in [1.29, 1.82) is 0 Å². The Bertz CT molecular complexity index is 848. The number of fused-ring (bicyclic) bond motifs is 1. The topological polar surface area (TPSA) is 56.7 Å². The molecule has 2 aliphatic heterocycles. The van der Waals surface area contributed by atoms with E-state index in [0.29, 0.717) is 26.1 Å². The molecule has 3 heterocycles. The second-order valence-corrected chi connectivity index (χ2v) is 8.65. The van der Waals surface area contributed by atoms with Gasteiger partial charge in [-0.25, -0.2) is 8.78 Å². The number of carbonyl (C=O) groups excluding carboxylic acids is 1. The minimum Gasteiger partial charge on any atom is -0.396 e. The number of carbonyl (C=O) groups is 1. The summed E-state index contributed by atoms with van der Waals surface area (Å²) >= 11 is 1.58. The van der Waals surface area contributed by atoms with Crippen LogP contribution in [0.2, 0.25) is 0 Å². The summed E-state index contributed by atoms with van der Waals surface area (Å²) in [5, 5.41) is 10.2. The molecule has 1 aromatic heterocycles. The highest BCUT2D eigenvalue weighted by molar-refractivity contribution is 7.09. The molecule has 0 aliphatic carbocycles. The molecule has 1 N–H and O–H groups in total. The maximum Gasteiger partial charge on any atom is 0.256 e. The summed E-state index contributed by atoms with van der Waals surface area (Å²) in [5.41, 5.74) is 1.30. The number of benzene rings is 1. The van der Waals surface area contributed by atoms with Gasteiger partial charge in [0.05, 0.1) is 17.7 Å². The average molecular weight is 407 g/mol. The number of nitrogens with zero attached hydrogens (tertiary/aromatic N) is 3. The summed E-state index contributed by atoms with van der Waals surface area (Å²) in [5.74, 6) is -2.61. The molecule has 2 atom stereocenters. The number of rotatable bonds is 4. The van der Waals surface area contributed by atoms with E-state index in [1.54, 1.807) is 21.7 Å². The van der Waals surface area contributed by atoms with Crippen LogP contribution < -0.4 is 0 Å². The number of thiazole rings is 1. The Labute approximate surface area is 166 Å². The van der Waals surface area contributed by atoms with Gasteiger partial charge in [-0.05, 0) is 37.9 Å². The number of aliphatic hydroxyl groups is 1. The fourth-order valence-electron chi connectivity index (χ4n) is 4.60. The average Bonchev–Trinajstić information content (AvgIpc) is 3.22. The molecule has 2 aromatic rings. The van der Waals surface area contributed by atoms with Crippen molar-refractivity contribution in [3.05, 3.63) is 52.0 Å². The van der Waals surface area contributed by atoms with Crippen molar-refractivity contribution >= 4 is 17.2 Å². The van der Waals surface area contributed by atoms with Crippen LogP contribution in [0.15, 0.2) is 29.9 Å². The smallest absolute Gasteiger partial charge is 0.256 e. The zero-order valence-electron chi connectivity index (χ0n) is 15.5. The van der Waals surface area contributed by atoms with Crippen LogP contribution in [0.4, 0.5) is 8.78 Å². The van der Waals surface area contributed by atoms with Crippen LogP contribution >= 0.6 is 11.3 Å². The molecule has 0 saturated carbocycles. The standard InChI is InChI=1S/C20H23F2N3O2S/c21-16-4-1-3-15(18(16)22)19(27)25-8-6-20(12-26)5-2-7-24(17(20)11-25)10-14-9-23-13-28-14/h1,3-4,9,13,17,26H,2,5-8,10-12H2/t17-,20-/m0/s1. The summed E-state index contributed by atoms with van der Waals surface area (Å²) in [6.07, 6.45) is 4.38. The molecular formula is C20H23F2N3O2S. The summed E-state index contributed by atoms with van der Waals surface area (Å²) in [6.45, 7) is 2.48. The van der Waals surface area contributed by atoms with Crippen molar-refractivity contribution in [3.63, 3.8) is 0 Å². The van der Waals surface area contributed by atoms with Crippen molar-refractivity contribution in [3.8, 4) is 0 Å². The van der Waals surface area contributed by atoms with Gasteiger partial charge >= 0.3 is 0 Å². The lowest BCUT2D eigenvalue weighted by atomic mass is 9.69. The van der Waals surface area contributed by atoms with Crippen LogP contribution in [0.25, 0.3) is 0 Å². The molecule has 150 valence electrons.